The molecule has 1 N–H and O–H groups in total. The van der Waals surface area contributed by atoms with Crippen LogP contribution in [-0.4, -0.2) is 10.8 Å². The Kier molecular flexibility index (Phi) is 2.23. The fourth-order valence-corrected chi connectivity index (χ4v) is 2.05. The minimum Gasteiger partial charge on any atom is -0.326 e. The molecule has 3 heteroatoms. The molecule has 1 heterocycles. The summed E-state index contributed by atoms with van der Waals surface area (Å²) in [5.41, 5.74) is 2.00. The van der Waals surface area contributed by atoms with Crippen molar-refractivity contribution in [1.82, 2.24) is 0 Å². The molecule has 74 valence electrons. The van der Waals surface area contributed by atoms with E-state index >= 15 is 0 Å². The molecular weight excluding hydrogens is 198 g/mol. The molecule has 1 atom stereocenters. The lowest BCUT2D eigenvalue weighted by atomic mass is 9.98. The molecule has 0 saturated heterocycles. The molecule has 0 fully saturated rings. The Morgan fingerprint density at radius 2 is 2.07 bits per heavy atom. The zero-order chi connectivity index (χ0) is 10.2. The van der Waals surface area contributed by atoms with Crippen molar-refractivity contribution in [3.05, 3.63) is 29.8 Å². The number of rotatable bonds is 0. The van der Waals surface area contributed by atoms with Gasteiger partial charge in [0.15, 0.2) is 0 Å². The Bertz CT molecular complexity index is 373. The van der Waals surface area contributed by atoms with Gasteiger partial charge in [-0.2, -0.15) is 0 Å². The molecule has 1 aromatic rings. The largest absolute Gasteiger partial charge is 0.326 e. The van der Waals surface area contributed by atoms with Crippen molar-refractivity contribution in [2.75, 3.05) is 5.32 Å². The number of amides is 1. The normalized spacial score (nSPS) is 26.3. The van der Waals surface area contributed by atoms with Crippen LogP contribution in [-0.2, 0) is 11.2 Å². The molecule has 14 heavy (non-hydrogen) atoms. The van der Waals surface area contributed by atoms with Gasteiger partial charge < -0.3 is 5.32 Å². The van der Waals surface area contributed by atoms with Crippen molar-refractivity contribution < 1.29 is 4.79 Å². The first kappa shape index (κ1) is 9.53. The Balaban J connectivity index is 2.42. The van der Waals surface area contributed by atoms with Crippen LogP contribution in [0.1, 0.15) is 18.9 Å². The summed E-state index contributed by atoms with van der Waals surface area (Å²) in [7, 11) is 0. The second kappa shape index (κ2) is 3.28. The number of hydrogen-bond acceptors (Lipinski definition) is 1. The minimum atomic E-state index is -0.462. The number of halogens is 1. The van der Waals surface area contributed by atoms with Gasteiger partial charge in [0.25, 0.3) is 0 Å². The molecule has 1 unspecified atom stereocenters. The number of carbonyl (C=O) groups is 1. The predicted octanol–water partition coefficient (Wildman–Crippen LogP) is 2.57. The van der Waals surface area contributed by atoms with Gasteiger partial charge in [-0.05, 0) is 25.0 Å². The number of anilines is 1. The second-order valence-electron chi connectivity index (χ2n) is 3.97. The molecule has 0 saturated carbocycles. The summed E-state index contributed by atoms with van der Waals surface area (Å²) in [6.45, 7) is 1.90. The van der Waals surface area contributed by atoms with Gasteiger partial charge in [0.2, 0.25) is 5.91 Å². The van der Waals surface area contributed by atoms with E-state index in [1.165, 1.54) is 0 Å². The number of para-hydroxylation sites is 1. The average Bonchev–Trinajstić information content (AvgIpc) is 2.16. The van der Waals surface area contributed by atoms with Crippen LogP contribution in [0.25, 0.3) is 0 Å². The molecule has 1 aromatic carbocycles. The number of nitrogens with one attached hydrogen (secondary N) is 1. The first-order chi connectivity index (χ1) is 6.57. The Morgan fingerprint density at radius 3 is 2.86 bits per heavy atom. The number of fused-ring (bicyclic) bond motifs is 1. The summed E-state index contributed by atoms with van der Waals surface area (Å²) < 4.78 is 0. The van der Waals surface area contributed by atoms with Crippen molar-refractivity contribution in [2.45, 2.75) is 24.6 Å². The van der Waals surface area contributed by atoms with E-state index in [0.717, 1.165) is 17.7 Å². The van der Waals surface area contributed by atoms with E-state index in [1.807, 2.05) is 31.2 Å². The average molecular weight is 210 g/mol. The van der Waals surface area contributed by atoms with Crippen LogP contribution in [0, 0.1) is 0 Å². The number of carbonyl (C=O) groups excluding carboxylic acids is 1. The van der Waals surface area contributed by atoms with Gasteiger partial charge >= 0.3 is 0 Å². The maximum absolute atomic E-state index is 11.5. The van der Waals surface area contributed by atoms with Crippen molar-refractivity contribution in [3.8, 4) is 0 Å². The number of benzene rings is 1. The lowest BCUT2D eigenvalue weighted by molar-refractivity contribution is -0.116. The third kappa shape index (κ3) is 1.90. The van der Waals surface area contributed by atoms with Gasteiger partial charge in [-0.15, -0.1) is 11.6 Å². The summed E-state index contributed by atoms with van der Waals surface area (Å²) >= 11 is 6.24. The molecule has 2 rings (SSSR count). The van der Waals surface area contributed by atoms with Crippen LogP contribution < -0.4 is 5.32 Å². The molecule has 1 aliphatic rings. The Hall–Kier alpha value is -1.02. The van der Waals surface area contributed by atoms with E-state index in [-0.39, 0.29) is 5.91 Å². The predicted molar refractivity (Wildman–Crippen MR) is 57.7 cm³/mol. The topological polar surface area (TPSA) is 29.1 Å². The van der Waals surface area contributed by atoms with Crippen molar-refractivity contribution in [1.29, 1.82) is 0 Å². The summed E-state index contributed by atoms with van der Waals surface area (Å²) in [5, 5.41) is 2.85. The Morgan fingerprint density at radius 1 is 1.36 bits per heavy atom. The molecule has 1 aliphatic heterocycles. The first-order valence-corrected chi connectivity index (χ1v) is 5.01. The van der Waals surface area contributed by atoms with Gasteiger partial charge in [0.05, 0.1) is 4.87 Å². The maximum atomic E-state index is 11.5. The van der Waals surface area contributed by atoms with Gasteiger partial charge in [0, 0.05) is 12.1 Å². The molecule has 0 bridgehead atoms. The summed E-state index contributed by atoms with van der Waals surface area (Å²) in [5.74, 6) is -0.00699. The monoisotopic (exact) mass is 209 g/mol. The quantitative estimate of drug-likeness (QED) is 0.654. The highest BCUT2D eigenvalue weighted by molar-refractivity contribution is 6.25. The summed E-state index contributed by atoms with van der Waals surface area (Å²) in [6.07, 6.45) is 1.09. The zero-order valence-electron chi connectivity index (χ0n) is 8.01. The van der Waals surface area contributed by atoms with E-state index < -0.39 is 4.87 Å². The van der Waals surface area contributed by atoms with E-state index in [4.69, 9.17) is 11.6 Å². The lowest BCUT2D eigenvalue weighted by Crippen LogP contribution is -2.23. The number of hydrogen-bond donors (Lipinski definition) is 1. The van der Waals surface area contributed by atoms with Crippen LogP contribution in [0.5, 0.6) is 0 Å². The minimum absolute atomic E-state index is 0.00699. The van der Waals surface area contributed by atoms with Crippen LogP contribution >= 0.6 is 11.6 Å². The van der Waals surface area contributed by atoms with Crippen LogP contribution in [0.2, 0.25) is 0 Å². The highest BCUT2D eigenvalue weighted by Gasteiger charge is 2.29. The third-order valence-electron chi connectivity index (χ3n) is 2.38. The molecule has 0 aromatic heterocycles. The Labute approximate surface area is 88.3 Å². The summed E-state index contributed by atoms with van der Waals surface area (Å²) in [4.78, 5) is 11.0. The van der Waals surface area contributed by atoms with Gasteiger partial charge in [-0.25, -0.2) is 0 Å². The summed E-state index contributed by atoms with van der Waals surface area (Å²) in [6, 6.07) is 7.78. The van der Waals surface area contributed by atoms with E-state index in [9.17, 15) is 4.79 Å². The van der Waals surface area contributed by atoms with Crippen molar-refractivity contribution >= 4 is 23.2 Å². The molecule has 0 radical (unpaired) electrons. The molecular formula is C11H12ClNO. The standard InChI is InChI=1S/C11H12ClNO/c1-11(12)6-8-4-2-3-5-9(8)13-10(14)7-11/h2-5H,6-7H2,1H3,(H,13,14). The van der Waals surface area contributed by atoms with Crippen LogP contribution in [0.15, 0.2) is 24.3 Å². The molecule has 1 amide bonds. The van der Waals surface area contributed by atoms with Crippen LogP contribution in [0.4, 0.5) is 5.69 Å². The maximum Gasteiger partial charge on any atom is 0.226 e. The second-order valence-corrected chi connectivity index (χ2v) is 4.88. The van der Waals surface area contributed by atoms with E-state index in [1.54, 1.807) is 0 Å². The lowest BCUT2D eigenvalue weighted by Gasteiger charge is -2.17. The fourth-order valence-electron chi connectivity index (χ4n) is 1.79. The van der Waals surface area contributed by atoms with E-state index in [0.29, 0.717) is 6.42 Å². The fraction of sp³-hybridized carbons (Fsp3) is 0.364. The van der Waals surface area contributed by atoms with Gasteiger partial charge in [-0.1, -0.05) is 18.2 Å². The first-order valence-electron chi connectivity index (χ1n) is 4.63. The highest BCUT2D eigenvalue weighted by atomic mass is 35.5. The number of alkyl halides is 1. The molecule has 2 nitrogen and oxygen atoms in total. The highest BCUT2D eigenvalue weighted by Crippen LogP contribution is 2.31. The van der Waals surface area contributed by atoms with E-state index in [2.05, 4.69) is 5.32 Å². The van der Waals surface area contributed by atoms with Crippen molar-refractivity contribution in [2.24, 2.45) is 0 Å². The van der Waals surface area contributed by atoms with Gasteiger partial charge in [0.1, 0.15) is 0 Å². The van der Waals surface area contributed by atoms with Gasteiger partial charge in [-0.3, -0.25) is 4.79 Å². The zero-order valence-corrected chi connectivity index (χ0v) is 8.77. The smallest absolute Gasteiger partial charge is 0.226 e. The molecule has 0 spiro atoms. The third-order valence-corrected chi connectivity index (χ3v) is 2.65. The molecule has 0 aliphatic carbocycles. The van der Waals surface area contributed by atoms with Crippen molar-refractivity contribution in [3.63, 3.8) is 0 Å². The SMILES string of the molecule is CC1(Cl)CC(=O)Nc2ccccc2C1. The van der Waals surface area contributed by atoms with Crippen LogP contribution in [0.3, 0.4) is 0 Å².